The van der Waals surface area contributed by atoms with Crippen molar-refractivity contribution in [2.75, 3.05) is 26.1 Å². The molecule has 0 amide bonds. The van der Waals surface area contributed by atoms with Crippen LogP contribution in [0.1, 0.15) is 13.8 Å². The third-order valence-electron chi connectivity index (χ3n) is 2.92. The first-order chi connectivity index (χ1) is 8.90. The molecule has 0 aromatic heterocycles. The molecule has 0 spiro atoms. The van der Waals surface area contributed by atoms with Crippen molar-refractivity contribution in [3.05, 3.63) is 24.3 Å². The fraction of sp³-hybridized carbons (Fsp3) is 0.538. The van der Waals surface area contributed by atoms with Gasteiger partial charge in [-0.3, -0.25) is 0 Å². The summed E-state index contributed by atoms with van der Waals surface area (Å²) in [6.45, 7) is 4.75. The Bertz CT molecular complexity index is 500. The molecule has 0 heterocycles. The average Bonchev–Trinajstić information content (AvgIpc) is 2.38. The van der Waals surface area contributed by atoms with E-state index in [4.69, 9.17) is 4.74 Å². The molecule has 0 bridgehead atoms. The highest BCUT2D eigenvalue weighted by Crippen LogP contribution is 2.18. The normalized spacial score (nSPS) is 13.5. The lowest BCUT2D eigenvalue weighted by molar-refractivity contribution is 0.171. The molecule has 0 saturated heterocycles. The molecule has 0 fully saturated rings. The molecule has 1 unspecified atom stereocenters. The van der Waals surface area contributed by atoms with Gasteiger partial charge in [-0.2, -0.15) is 0 Å². The van der Waals surface area contributed by atoms with Crippen LogP contribution < -0.4 is 10.0 Å². The van der Waals surface area contributed by atoms with Gasteiger partial charge < -0.3 is 10.1 Å². The topological polar surface area (TPSA) is 67.4 Å². The molecule has 2 N–H and O–H groups in total. The van der Waals surface area contributed by atoms with Crippen LogP contribution in [-0.2, 0) is 14.8 Å². The molecule has 1 aromatic rings. The Balaban J connectivity index is 2.93. The van der Waals surface area contributed by atoms with Crippen LogP contribution in [0, 0.1) is 5.92 Å². The average molecular weight is 286 g/mol. The zero-order valence-electron chi connectivity index (χ0n) is 11.8. The third-order valence-corrected chi connectivity index (χ3v) is 4.33. The number of nitrogens with one attached hydrogen (secondary N) is 2. The summed E-state index contributed by atoms with van der Waals surface area (Å²) >= 11 is 0. The number of ether oxygens (including phenoxy) is 1. The number of hydrogen-bond acceptors (Lipinski definition) is 4. The Morgan fingerprint density at radius 1 is 1.32 bits per heavy atom. The highest BCUT2D eigenvalue weighted by molar-refractivity contribution is 7.89. The second-order valence-corrected chi connectivity index (χ2v) is 6.57. The highest BCUT2D eigenvalue weighted by atomic mass is 32.2. The predicted octanol–water partition coefficient (Wildman–Crippen LogP) is 1.68. The van der Waals surface area contributed by atoms with Crippen LogP contribution in [0.25, 0.3) is 0 Å². The maximum absolute atomic E-state index is 11.7. The summed E-state index contributed by atoms with van der Waals surface area (Å²) in [6, 6.07) is 6.89. The summed E-state index contributed by atoms with van der Waals surface area (Å²) in [4.78, 5) is 0.250. The first kappa shape index (κ1) is 15.9. The van der Waals surface area contributed by atoms with Gasteiger partial charge in [0.25, 0.3) is 0 Å². The van der Waals surface area contributed by atoms with E-state index in [0.717, 1.165) is 5.69 Å². The van der Waals surface area contributed by atoms with Crippen molar-refractivity contribution in [1.29, 1.82) is 0 Å². The minimum Gasteiger partial charge on any atom is -0.383 e. The fourth-order valence-electron chi connectivity index (χ4n) is 1.67. The van der Waals surface area contributed by atoms with Crippen LogP contribution in [0.2, 0.25) is 0 Å². The second kappa shape index (κ2) is 6.88. The summed E-state index contributed by atoms with van der Waals surface area (Å²) in [5.41, 5.74) is 0.770. The van der Waals surface area contributed by atoms with Crippen molar-refractivity contribution in [2.24, 2.45) is 5.92 Å². The molecule has 19 heavy (non-hydrogen) atoms. The standard InChI is InChI=1S/C13H22N2O3S/c1-10(2)13(9-18-4)15-11-6-5-7-12(8-11)19(16,17)14-3/h5-8,10,13-15H,9H2,1-4H3. The van der Waals surface area contributed by atoms with E-state index in [1.54, 1.807) is 25.3 Å². The van der Waals surface area contributed by atoms with Gasteiger partial charge in [0.15, 0.2) is 0 Å². The molecule has 0 aliphatic heterocycles. The van der Waals surface area contributed by atoms with Gasteiger partial charge in [0.05, 0.1) is 17.5 Å². The Morgan fingerprint density at radius 3 is 2.53 bits per heavy atom. The van der Waals surface area contributed by atoms with E-state index in [2.05, 4.69) is 23.9 Å². The molecule has 6 heteroatoms. The van der Waals surface area contributed by atoms with Gasteiger partial charge in [-0.1, -0.05) is 19.9 Å². The smallest absolute Gasteiger partial charge is 0.240 e. The maximum atomic E-state index is 11.7. The lowest BCUT2D eigenvalue weighted by Crippen LogP contribution is -2.30. The molecule has 0 aliphatic carbocycles. The van der Waals surface area contributed by atoms with E-state index < -0.39 is 10.0 Å². The van der Waals surface area contributed by atoms with Crippen molar-refractivity contribution in [3.63, 3.8) is 0 Å². The van der Waals surface area contributed by atoms with Gasteiger partial charge in [0.1, 0.15) is 0 Å². The van der Waals surface area contributed by atoms with Crippen LogP contribution in [0.15, 0.2) is 29.2 Å². The minimum atomic E-state index is -3.41. The first-order valence-corrected chi connectivity index (χ1v) is 7.68. The van der Waals surface area contributed by atoms with Crippen LogP contribution in [0.3, 0.4) is 0 Å². The molecular formula is C13H22N2O3S. The maximum Gasteiger partial charge on any atom is 0.240 e. The van der Waals surface area contributed by atoms with Gasteiger partial charge in [-0.05, 0) is 31.2 Å². The number of benzene rings is 1. The highest BCUT2D eigenvalue weighted by Gasteiger charge is 2.15. The molecule has 1 atom stereocenters. The Kier molecular flexibility index (Phi) is 5.78. The number of hydrogen-bond donors (Lipinski definition) is 2. The Labute approximate surface area is 115 Å². The Morgan fingerprint density at radius 2 is 2.00 bits per heavy atom. The number of rotatable bonds is 7. The lowest BCUT2D eigenvalue weighted by atomic mass is 10.1. The molecule has 1 aromatic carbocycles. The van der Waals surface area contributed by atoms with E-state index >= 15 is 0 Å². The summed E-state index contributed by atoms with van der Waals surface area (Å²) in [5.74, 6) is 0.379. The van der Waals surface area contributed by atoms with Gasteiger partial charge >= 0.3 is 0 Å². The molecular weight excluding hydrogens is 264 g/mol. The van der Waals surface area contributed by atoms with Crippen LogP contribution in [0.5, 0.6) is 0 Å². The number of methoxy groups -OCH3 is 1. The fourth-order valence-corrected chi connectivity index (χ4v) is 2.44. The monoisotopic (exact) mass is 286 g/mol. The summed E-state index contributed by atoms with van der Waals surface area (Å²) < 4.78 is 30.9. The molecule has 108 valence electrons. The largest absolute Gasteiger partial charge is 0.383 e. The van der Waals surface area contributed by atoms with E-state index in [1.807, 2.05) is 6.07 Å². The van der Waals surface area contributed by atoms with Gasteiger partial charge in [0.2, 0.25) is 10.0 Å². The van der Waals surface area contributed by atoms with E-state index in [1.165, 1.54) is 7.05 Å². The second-order valence-electron chi connectivity index (χ2n) is 4.69. The molecule has 0 saturated carbocycles. The Hall–Kier alpha value is -1.11. The molecule has 0 aliphatic rings. The molecule has 1 rings (SSSR count). The van der Waals surface area contributed by atoms with Crippen LogP contribution in [-0.4, -0.2) is 35.2 Å². The van der Waals surface area contributed by atoms with Gasteiger partial charge in [0, 0.05) is 12.8 Å². The van der Waals surface area contributed by atoms with Crippen molar-refractivity contribution >= 4 is 15.7 Å². The van der Waals surface area contributed by atoms with Crippen LogP contribution in [0.4, 0.5) is 5.69 Å². The molecule has 0 radical (unpaired) electrons. The summed E-state index contributed by atoms with van der Waals surface area (Å²) in [6.07, 6.45) is 0. The van der Waals surface area contributed by atoms with Crippen LogP contribution >= 0.6 is 0 Å². The van der Waals surface area contributed by atoms with Crippen molar-refractivity contribution in [1.82, 2.24) is 4.72 Å². The zero-order chi connectivity index (χ0) is 14.5. The lowest BCUT2D eigenvalue weighted by Gasteiger charge is -2.23. The summed E-state index contributed by atoms with van der Waals surface area (Å²) in [5, 5.41) is 3.30. The quantitative estimate of drug-likeness (QED) is 0.800. The number of anilines is 1. The van der Waals surface area contributed by atoms with E-state index in [-0.39, 0.29) is 10.9 Å². The van der Waals surface area contributed by atoms with Crippen molar-refractivity contribution in [2.45, 2.75) is 24.8 Å². The minimum absolute atomic E-state index is 0.137. The molecule has 5 nitrogen and oxygen atoms in total. The first-order valence-electron chi connectivity index (χ1n) is 6.19. The van der Waals surface area contributed by atoms with E-state index in [0.29, 0.717) is 12.5 Å². The zero-order valence-corrected chi connectivity index (χ0v) is 12.6. The predicted molar refractivity (Wildman–Crippen MR) is 76.8 cm³/mol. The van der Waals surface area contributed by atoms with Crippen molar-refractivity contribution < 1.29 is 13.2 Å². The summed E-state index contributed by atoms with van der Waals surface area (Å²) in [7, 11) is -0.358. The SMILES string of the molecule is CNS(=O)(=O)c1cccc(NC(COC)C(C)C)c1. The van der Waals surface area contributed by atoms with Crippen molar-refractivity contribution in [3.8, 4) is 0 Å². The third kappa shape index (κ3) is 4.49. The number of sulfonamides is 1. The van der Waals surface area contributed by atoms with Gasteiger partial charge in [-0.15, -0.1) is 0 Å². The van der Waals surface area contributed by atoms with E-state index in [9.17, 15) is 8.42 Å². The van der Waals surface area contributed by atoms with Gasteiger partial charge in [-0.25, -0.2) is 13.1 Å².